The van der Waals surface area contributed by atoms with Gasteiger partial charge >= 0.3 is 0 Å². The molecule has 2 fully saturated rings. The van der Waals surface area contributed by atoms with Crippen LogP contribution in [-0.4, -0.2) is 36.5 Å². The lowest BCUT2D eigenvalue weighted by atomic mass is 9.96. The minimum atomic E-state index is -0.604. The molecule has 0 bridgehead atoms. The Bertz CT molecular complexity index is 209. The van der Waals surface area contributed by atoms with Gasteiger partial charge < -0.3 is 19.3 Å². The standard InChI is InChI=1S/C11H20O4/c1-3-13-11-9(15-11)6-8-5-4-7(2)10(12)14-8/h7-12H,3-6H2,1-2H3/t7?,8-,9?,10?,11?/m0/s1. The Balaban J connectivity index is 1.68. The second-order valence-corrected chi connectivity index (χ2v) is 4.44. The van der Waals surface area contributed by atoms with Gasteiger partial charge in [0.05, 0.1) is 6.10 Å². The molecule has 2 aliphatic heterocycles. The number of rotatable bonds is 4. The van der Waals surface area contributed by atoms with Crippen LogP contribution in [0.5, 0.6) is 0 Å². The predicted molar refractivity (Wildman–Crippen MR) is 54.2 cm³/mol. The van der Waals surface area contributed by atoms with Crippen molar-refractivity contribution in [3.63, 3.8) is 0 Å². The third kappa shape index (κ3) is 2.91. The highest BCUT2D eigenvalue weighted by molar-refractivity contribution is 4.82. The molecule has 2 saturated heterocycles. The lowest BCUT2D eigenvalue weighted by molar-refractivity contribution is -0.191. The van der Waals surface area contributed by atoms with E-state index >= 15 is 0 Å². The van der Waals surface area contributed by atoms with Gasteiger partial charge in [0.25, 0.3) is 0 Å². The van der Waals surface area contributed by atoms with E-state index in [2.05, 4.69) is 0 Å². The highest BCUT2D eigenvalue weighted by Gasteiger charge is 2.42. The average Bonchev–Trinajstić information content (AvgIpc) is 2.91. The molecule has 0 aliphatic carbocycles. The van der Waals surface area contributed by atoms with Crippen LogP contribution in [0, 0.1) is 5.92 Å². The molecule has 15 heavy (non-hydrogen) atoms. The summed E-state index contributed by atoms with van der Waals surface area (Å²) in [5.74, 6) is 0.254. The van der Waals surface area contributed by atoms with E-state index in [0.29, 0.717) is 6.61 Å². The molecular formula is C11H20O4. The molecule has 88 valence electrons. The molecule has 0 radical (unpaired) electrons. The lowest BCUT2D eigenvalue weighted by Gasteiger charge is -2.31. The summed E-state index contributed by atoms with van der Waals surface area (Å²) in [5.41, 5.74) is 0. The molecule has 0 aromatic carbocycles. The van der Waals surface area contributed by atoms with E-state index < -0.39 is 6.29 Å². The Kier molecular flexibility index (Phi) is 3.61. The van der Waals surface area contributed by atoms with Crippen molar-refractivity contribution in [2.45, 2.75) is 57.9 Å². The van der Waals surface area contributed by atoms with Gasteiger partial charge in [-0.15, -0.1) is 0 Å². The van der Waals surface area contributed by atoms with Crippen molar-refractivity contribution in [1.29, 1.82) is 0 Å². The van der Waals surface area contributed by atoms with Crippen LogP contribution in [-0.2, 0) is 14.2 Å². The van der Waals surface area contributed by atoms with Gasteiger partial charge in [-0.05, 0) is 19.8 Å². The number of ether oxygens (including phenoxy) is 3. The highest BCUT2D eigenvalue weighted by atomic mass is 16.8. The topological polar surface area (TPSA) is 51.2 Å². The van der Waals surface area contributed by atoms with Crippen LogP contribution in [0.15, 0.2) is 0 Å². The van der Waals surface area contributed by atoms with E-state index in [-0.39, 0.29) is 24.4 Å². The van der Waals surface area contributed by atoms with Crippen LogP contribution in [0.4, 0.5) is 0 Å². The molecule has 0 spiro atoms. The Morgan fingerprint density at radius 1 is 1.33 bits per heavy atom. The number of hydrogen-bond donors (Lipinski definition) is 1. The minimum Gasteiger partial charge on any atom is -0.368 e. The molecule has 4 heteroatoms. The molecule has 2 heterocycles. The summed E-state index contributed by atoms with van der Waals surface area (Å²) >= 11 is 0. The van der Waals surface area contributed by atoms with Gasteiger partial charge in [0.2, 0.25) is 0 Å². The summed E-state index contributed by atoms with van der Waals surface area (Å²) in [6.07, 6.45) is 2.55. The summed E-state index contributed by atoms with van der Waals surface area (Å²) in [4.78, 5) is 0. The third-order valence-corrected chi connectivity index (χ3v) is 3.12. The zero-order valence-electron chi connectivity index (χ0n) is 9.39. The van der Waals surface area contributed by atoms with E-state index in [1.807, 2.05) is 13.8 Å². The molecule has 1 N–H and O–H groups in total. The average molecular weight is 216 g/mol. The summed E-state index contributed by atoms with van der Waals surface area (Å²) in [5, 5.41) is 9.56. The molecule has 0 aromatic rings. The Morgan fingerprint density at radius 3 is 2.80 bits per heavy atom. The molecule has 0 amide bonds. The fourth-order valence-electron chi connectivity index (χ4n) is 2.03. The normalized spacial score (nSPS) is 45.4. The van der Waals surface area contributed by atoms with Gasteiger partial charge in [-0.2, -0.15) is 0 Å². The number of aliphatic hydroxyl groups excluding tert-OH is 1. The van der Waals surface area contributed by atoms with Gasteiger partial charge in [0.15, 0.2) is 12.6 Å². The van der Waals surface area contributed by atoms with Gasteiger partial charge in [-0.25, -0.2) is 0 Å². The number of aliphatic hydroxyl groups is 1. The second-order valence-electron chi connectivity index (χ2n) is 4.44. The van der Waals surface area contributed by atoms with E-state index in [1.54, 1.807) is 0 Å². The minimum absolute atomic E-state index is 0.0323. The van der Waals surface area contributed by atoms with Crippen LogP contribution >= 0.6 is 0 Å². The molecule has 2 aliphatic rings. The first-order chi connectivity index (χ1) is 7.20. The van der Waals surface area contributed by atoms with Gasteiger partial charge in [-0.3, -0.25) is 0 Å². The maximum absolute atomic E-state index is 9.56. The largest absolute Gasteiger partial charge is 0.368 e. The van der Waals surface area contributed by atoms with Crippen LogP contribution in [0.2, 0.25) is 0 Å². The summed E-state index contributed by atoms with van der Waals surface area (Å²) in [6, 6.07) is 0. The third-order valence-electron chi connectivity index (χ3n) is 3.12. The molecule has 0 aromatic heterocycles. The SMILES string of the molecule is CCOC1OC1C[C@@H]1CCC(C)C(O)O1. The zero-order chi connectivity index (χ0) is 10.8. The highest BCUT2D eigenvalue weighted by Crippen LogP contribution is 2.33. The first-order valence-corrected chi connectivity index (χ1v) is 5.81. The van der Waals surface area contributed by atoms with Crippen molar-refractivity contribution >= 4 is 0 Å². The fourth-order valence-corrected chi connectivity index (χ4v) is 2.03. The van der Waals surface area contributed by atoms with Crippen molar-refractivity contribution in [1.82, 2.24) is 0 Å². The molecule has 4 unspecified atom stereocenters. The quantitative estimate of drug-likeness (QED) is 0.719. The van der Waals surface area contributed by atoms with E-state index in [9.17, 15) is 5.11 Å². The molecule has 4 nitrogen and oxygen atoms in total. The summed E-state index contributed by atoms with van der Waals surface area (Å²) < 4.78 is 16.1. The molecule has 0 saturated carbocycles. The van der Waals surface area contributed by atoms with Gasteiger partial charge in [0.1, 0.15) is 6.10 Å². The van der Waals surface area contributed by atoms with Crippen molar-refractivity contribution in [3.8, 4) is 0 Å². The van der Waals surface area contributed by atoms with Gasteiger partial charge in [-0.1, -0.05) is 6.92 Å². The smallest absolute Gasteiger partial charge is 0.184 e. The molecule has 5 atom stereocenters. The molecular weight excluding hydrogens is 196 g/mol. The Morgan fingerprint density at radius 2 is 2.13 bits per heavy atom. The maximum atomic E-state index is 9.56. The predicted octanol–water partition coefficient (Wildman–Crippen LogP) is 1.27. The van der Waals surface area contributed by atoms with Gasteiger partial charge in [0, 0.05) is 18.9 Å². The molecule has 2 rings (SSSR count). The van der Waals surface area contributed by atoms with E-state index in [0.717, 1.165) is 19.3 Å². The summed E-state index contributed by atoms with van der Waals surface area (Å²) in [7, 11) is 0. The number of epoxide rings is 1. The number of hydrogen-bond acceptors (Lipinski definition) is 4. The van der Waals surface area contributed by atoms with Crippen molar-refractivity contribution in [3.05, 3.63) is 0 Å². The summed E-state index contributed by atoms with van der Waals surface area (Å²) in [6.45, 7) is 4.66. The maximum Gasteiger partial charge on any atom is 0.184 e. The van der Waals surface area contributed by atoms with E-state index in [1.165, 1.54) is 0 Å². The van der Waals surface area contributed by atoms with Crippen molar-refractivity contribution in [2.75, 3.05) is 6.61 Å². The van der Waals surface area contributed by atoms with Crippen LogP contribution in [0.25, 0.3) is 0 Å². The first-order valence-electron chi connectivity index (χ1n) is 5.81. The fraction of sp³-hybridized carbons (Fsp3) is 1.00. The van der Waals surface area contributed by atoms with E-state index in [4.69, 9.17) is 14.2 Å². The Labute approximate surface area is 90.5 Å². The Hall–Kier alpha value is -0.160. The monoisotopic (exact) mass is 216 g/mol. The zero-order valence-corrected chi connectivity index (χ0v) is 9.39. The second kappa shape index (κ2) is 4.78. The van der Waals surface area contributed by atoms with Crippen LogP contribution in [0.1, 0.15) is 33.1 Å². The van der Waals surface area contributed by atoms with Crippen molar-refractivity contribution in [2.24, 2.45) is 5.92 Å². The van der Waals surface area contributed by atoms with Crippen LogP contribution in [0.3, 0.4) is 0 Å². The lowest BCUT2D eigenvalue weighted by Crippen LogP contribution is -2.34. The van der Waals surface area contributed by atoms with Crippen LogP contribution < -0.4 is 0 Å². The first kappa shape index (κ1) is 11.3. The van der Waals surface area contributed by atoms with Crippen molar-refractivity contribution < 1.29 is 19.3 Å².